The van der Waals surface area contributed by atoms with Crippen LogP contribution in [0, 0.1) is 17.6 Å². The van der Waals surface area contributed by atoms with Crippen molar-refractivity contribution in [2.45, 2.75) is 20.8 Å². The lowest BCUT2D eigenvalue weighted by molar-refractivity contribution is 0.583. The van der Waals surface area contributed by atoms with E-state index in [0.717, 1.165) is 12.0 Å². The minimum absolute atomic E-state index is 0.0694. The molecular weight excluding hydrogens is 232 g/mol. The molecule has 1 aromatic carbocycles. The SMILES string of the molecule is CC(C)C.CN(C)c1cc(Cl)c(F)cc1F. The predicted octanol–water partition coefficient (Wildman–Crippen LogP) is 4.35. The lowest BCUT2D eigenvalue weighted by Gasteiger charge is -2.13. The van der Waals surface area contributed by atoms with Gasteiger partial charge in [-0.15, -0.1) is 0 Å². The molecule has 0 bridgehead atoms. The molecular formula is C12H18ClF2N. The fourth-order valence-corrected chi connectivity index (χ4v) is 1.01. The highest BCUT2D eigenvalue weighted by molar-refractivity contribution is 6.31. The molecule has 0 aliphatic rings. The molecule has 4 heteroatoms. The van der Waals surface area contributed by atoms with E-state index in [2.05, 4.69) is 20.8 Å². The van der Waals surface area contributed by atoms with E-state index < -0.39 is 11.6 Å². The van der Waals surface area contributed by atoms with Crippen molar-refractivity contribution in [3.63, 3.8) is 0 Å². The van der Waals surface area contributed by atoms with Crippen LogP contribution in [-0.2, 0) is 0 Å². The molecule has 0 aliphatic carbocycles. The summed E-state index contributed by atoms with van der Waals surface area (Å²) < 4.78 is 25.6. The Balaban J connectivity index is 0.000000487. The highest BCUT2D eigenvalue weighted by atomic mass is 35.5. The third-order valence-corrected chi connectivity index (χ3v) is 1.76. The van der Waals surface area contributed by atoms with E-state index in [4.69, 9.17) is 11.6 Å². The summed E-state index contributed by atoms with van der Waals surface area (Å²) in [5.74, 6) is -0.512. The van der Waals surface area contributed by atoms with E-state index in [0.29, 0.717) is 0 Å². The monoisotopic (exact) mass is 249 g/mol. The number of nitrogens with zero attached hydrogens (tertiary/aromatic N) is 1. The van der Waals surface area contributed by atoms with Crippen molar-refractivity contribution >= 4 is 17.3 Å². The molecule has 0 spiro atoms. The third-order valence-electron chi connectivity index (χ3n) is 1.47. The van der Waals surface area contributed by atoms with E-state index in [1.807, 2.05) is 0 Å². The summed E-state index contributed by atoms with van der Waals surface area (Å²) >= 11 is 5.46. The number of benzene rings is 1. The van der Waals surface area contributed by atoms with Gasteiger partial charge in [-0.3, -0.25) is 0 Å². The maximum Gasteiger partial charge on any atom is 0.149 e. The van der Waals surface area contributed by atoms with Gasteiger partial charge >= 0.3 is 0 Å². The van der Waals surface area contributed by atoms with Crippen molar-refractivity contribution in [2.75, 3.05) is 19.0 Å². The van der Waals surface area contributed by atoms with Gasteiger partial charge in [-0.25, -0.2) is 8.78 Å². The van der Waals surface area contributed by atoms with E-state index in [1.54, 1.807) is 14.1 Å². The van der Waals surface area contributed by atoms with Gasteiger partial charge in [0.2, 0.25) is 0 Å². The van der Waals surface area contributed by atoms with Crippen molar-refractivity contribution in [3.8, 4) is 0 Å². The zero-order chi connectivity index (χ0) is 12.9. The van der Waals surface area contributed by atoms with Crippen LogP contribution in [0.5, 0.6) is 0 Å². The Morgan fingerprint density at radius 1 is 1.06 bits per heavy atom. The van der Waals surface area contributed by atoms with Crippen LogP contribution >= 0.6 is 11.6 Å². The van der Waals surface area contributed by atoms with Gasteiger partial charge in [-0.2, -0.15) is 0 Å². The largest absolute Gasteiger partial charge is 0.375 e. The molecule has 0 fully saturated rings. The Kier molecular flexibility index (Phi) is 6.34. The van der Waals surface area contributed by atoms with Gasteiger partial charge in [0.1, 0.15) is 11.6 Å². The zero-order valence-corrected chi connectivity index (χ0v) is 11.1. The van der Waals surface area contributed by atoms with Crippen LogP contribution in [0.2, 0.25) is 5.02 Å². The summed E-state index contributed by atoms with van der Waals surface area (Å²) in [7, 11) is 3.32. The molecule has 0 amide bonds. The molecule has 0 unspecified atom stereocenters. The average molecular weight is 250 g/mol. The van der Waals surface area contributed by atoms with Crippen LogP contribution < -0.4 is 4.90 Å². The second kappa shape index (κ2) is 6.69. The summed E-state index contributed by atoms with van der Waals surface area (Å²) in [6, 6.07) is 2.03. The lowest BCUT2D eigenvalue weighted by atomic mass is 10.3. The van der Waals surface area contributed by atoms with Crippen LogP contribution in [0.3, 0.4) is 0 Å². The maximum absolute atomic E-state index is 12.9. The molecule has 1 aromatic rings. The molecule has 0 aliphatic heterocycles. The predicted molar refractivity (Wildman–Crippen MR) is 66.2 cm³/mol. The van der Waals surface area contributed by atoms with Crippen molar-refractivity contribution in [3.05, 3.63) is 28.8 Å². The summed E-state index contributed by atoms with van der Waals surface area (Å²) in [5.41, 5.74) is 0.279. The maximum atomic E-state index is 12.9. The molecule has 0 N–H and O–H groups in total. The summed E-state index contributed by atoms with van der Waals surface area (Å²) in [4.78, 5) is 1.53. The summed E-state index contributed by atoms with van der Waals surface area (Å²) in [6.45, 7) is 6.50. The van der Waals surface area contributed by atoms with Crippen LogP contribution in [-0.4, -0.2) is 14.1 Å². The Hall–Kier alpha value is -0.830. The first-order valence-corrected chi connectivity index (χ1v) is 5.45. The Morgan fingerprint density at radius 3 is 1.88 bits per heavy atom. The first kappa shape index (κ1) is 15.2. The first-order valence-electron chi connectivity index (χ1n) is 5.07. The van der Waals surface area contributed by atoms with Crippen molar-refractivity contribution in [1.29, 1.82) is 0 Å². The van der Waals surface area contributed by atoms with Gasteiger partial charge in [0.25, 0.3) is 0 Å². The van der Waals surface area contributed by atoms with Gasteiger partial charge in [-0.1, -0.05) is 32.4 Å². The third kappa shape index (κ3) is 5.31. The van der Waals surface area contributed by atoms with Crippen LogP contribution in [0.1, 0.15) is 20.8 Å². The zero-order valence-electron chi connectivity index (χ0n) is 10.3. The van der Waals surface area contributed by atoms with Crippen molar-refractivity contribution in [2.24, 2.45) is 5.92 Å². The van der Waals surface area contributed by atoms with Crippen LogP contribution in [0.15, 0.2) is 12.1 Å². The van der Waals surface area contributed by atoms with Gasteiger partial charge in [0, 0.05) is 20.2 Å². The highest BCUT2D eigenvalue weighted by Gasteiger charge is 2.09. The molecule has 0 saturated heterocycles. The smallest absolute Gasteiger partial charge is 0.149 e. The molecule has 0 aromatic heterocycles. The van der Waals surface area contributed by atoms with E-state index >= 15 is 0 Å². The Bertz CT molecular complexity index is 335. The normalized spacial score (nSPS) is 9.81. The molecule has 0 radical (unpaired) electrons. The van der Waals surface area contributed by atoms with Gasteiger partial charge in [0.15, 0.2) is 0 Å². The fraction of sp³-hybridized carbons (Fsp3) is 0.500. The van der Waals surface area contributed by atoms with Crippen LogP contribution in [0.25, 0.3) is 0 Å². The number of hydrogen-bond acceptors (Lipinski definition) is 1. The van der Waals surface area contributed by atoms with E-state index in [9.17, 15) is 8.78 Å². The molecule has 16 heavy (non-hydrogen) atoms. The second-order valence-corrected chi connectivity index (χ2v) is 4.75. The van der Waals surface area contributed by atoms with Crippen molar-refractivity contribution in [1.82, 2.24) is 0 Å². The number of rotatable bonds is 1. The second-order valence-electron chi connectivity index (χ2n) is 4.34. The topological polar surface area (TPSA) is 3.24 Å². The average Bonchev–Trinajstić information content (AvgIpc) is 2.09. The van der Waals surface area contributed by atoms with Gasteiger partial charge < -0.3 is 4.90 Å². The van der Waals surface area contributed by atoms with Crippen molar-refractivity contribution < 1.29 is 8.78 Å². The van der Waals surface area contributed by atoms with Crippen LogP contribution in [0.4, 0.5) is 14.5 Å². The molecule has 0 heterocycles. The van der Waals surface area contributed by atoms with E-state index in [-0.39, 0.29) is 10.7 Å². The van der Waals surface area contributed by atoms with Gasteiger partial charge in [-0.05, 0) is 12.0 Å². The van der Waals surface area contributed by atoms with Gasteiger partial charge in [0.05, 0.1) is 10.7 Å². The number of hydrogen-bond donors (Lipinski definition) is 0. The summed E-state index contributed by atoms with van der Waals surface area (Å²) in [6.07, 6.45) is 0. The Morgan fingerprint density at radius 2 is 1.50 bits per heavy atom. The minimum Gasteiger partial charge on any atom is -0.375 e. The Labute approximate surface area is 101 Å². The molecule has 1 nitrogen and oxygen atoms in total. The fourth-order valence-electron chi connectivity index (χ4n) is 0.855. The number of halogens is 3. The summed E-state index contributed by atoms with van der Waals surface area (Å²) in [5, 5.41) is -0.0694. The molecule has 92 valence electrons. The first-order chi connectivity index (χ1) is 7.25. The number of anilines is 1. The quantitative estimate of drug-likeness (QED) is 0.669. The highest BCUT2D eigenvalue weighted by Crippen LogP contribution is 2.24. The lowest BCUT2D eigenvalue weighted by Crippen LogP contribution is -2.10. The minimum atomic E-state index is -0.736. The molecule has 0 atom stereocenters. The standard InChI is InChI=1S/C8H8ClF2N.C4H10/c1-12(2)8-3-5(9)6(10)4-7(8)11;1-4(2)3/h3-4H,1-2H3;4H,1-3H3. The van der Waals surface area contributed by atoms with E-state index in [1.165, 1.54) is 11.0 Å². The molecule has 1 rings (SSSR count). The molecule has 0 saturated carbocycles.